The smallest absolute Gasteiger partial charge is 0.0971 e. The summed E-state index contributed by atoms with van der Waals surface area (Å²) in [6.45, 7) is 5.62. The quantitative estimate of drug-likeness (QED) is 0.877. The molecule has 4 nitrogen and oxygen atoms in total. The average Bonchev–Trinajstić information content (AvgIpc) is 2.93. The lowest BCUT2D eigenvalue weighted by Gasteiger charge is -2.14. The molecule has 0 amide bonds. The van der Waals surface area contributed by atoms with Gasteiger partial charge in [-0.2, -0.15) is 0 Å². The molecule has 1 aromatic heterocycles. The van der Waals surface area contributed by atoms with Gasteiger partial charge in [-0.1, -0.05) is 0 Å². The zero-order valence-corrected chi connectivity index (χ0v) is 12.1. The second kappa shape index (κ2) is 6.12. The van der Waals surface area contributed by atoms with E-state index in [0.29, 0.717) is 6.54 Å². The van der Waals surface area contributed by atoms with Gasteiger partial charge < -0.3 is 15.2 Å². The van der Waals surface area contributed by atoms with Gasteiger partial charge in [-0.3, -0.25) is 4.90 Å². The Labute approximate surface area is 113 Å². The Balaban J connectivity index is 1.99. The fourth-order valence-corrected chi connectivity index (χ4v) is 3.42. The summed E-state index contributed by atoms with van der Waals surface area (Å²) in [6, 6.07) is 2.22. The van der Waals surface area contributed by atoms with Crippen LogP contribution in [0.15, 0.2) is 6.07 Å². The van der Waals surface area contributed by atoms with Crippen molar-refractivity contribution in [2.45, 2.75) is 32.2 Å². The van der Waals surface area contributed by atoms with Crippen LogP contribution >= 0.6 is 11.3 Å². The first-order chi connectivity index (χ1) is 8.67. The summed E-state index contributed by atoms with van der Waals surface area (Å²) in [5.41, 5.74) is 7.07. The van der Waals surface area contributed by atoms with Crippen LogP contribution in [0, 0.1) is 6.92 Å². The van der Waals surface area contributed by atoms with E-state index in [1.54, 1.807) is 25.6 Å². The summed E-state index contributed by atoms with van der Waals surface area (Å²) in [7, 11) is 3.51. The van der Waals surface area contributed by atoms with Crippen molar-refractivity contribution in [1.82, 2.24) is 4.90 Å². The molecule has 0 saturated carbocycles. The molecule has 2 rings (SSSR count). The highest BCUT2D eigenvalue weighted by molar-refractivity contribution is 7.12. The minimum absolute atomic E-state index is 0.183. The van der Waals surface area contributed by atoms with E-state index in [-0.39, 0.29) is 12.2 Å². The lowest BCUT2D eigenvalue weighted by molar-refractivity contribution is -0.00461. The normalized spacial score (nSPS) is 24.9. The van der Waals surface area contributed by atoms with Crippen LogP contribution in [-0.4, -0.2) is 44.4 Å². The molecule has 2 heterocycles. The van der Waals surface area contributed by atoms with Gasteiger partial charge in [0.25, 0.3) is 0 Å². The standard InChI is InChI=1S/C13H22N2O2S/c1-9-10(4-11(5-14)18-9)6-15-7-12(16-2)13(8-15)17-3/h4,12-13H,5-8,14H2,1-3H3. The van der Waals surface area contributed by atoms with Crippen LogP contribution in [0.25, 0.3) is 0 Å². The van der Waals surface area contributed by atoms with E-state index in [1.165, 1.54) is 15.3 Å². The Morgan fingerprint density at radius 3 is 2.39 bits per heavy atom. The Morgan fingerprint density at radius 1 is 1.33 bits per heavy atom. The number of hydrogen-bond acceptors (Lipinski definition) is 5. The maximum atomic E-state index is 5.68. The Hall–Kier alpha value is -0.460. The number of ether oxygens (including phenoxy) is 2. The lowest BCUT2D eigenvalue weighted by Crippen LogP contribution is -2.27. The molecule has 5 heteroatoms. The summed E-state index contributed by atoms with van der Waals surface area (Å²) in [5, 5.41) is 0. The van der Waals surface area contributed by atoms with Crippen molar-refractivity contribution >= 4 is 11.3 Å². The summed E-state index contributed by atoms with van der Waals surface area (Å²) in [6.07, 6.45) is 0.367. The van der Waals surface area contributed by atoms with Crippen LogP contribution in [-0.2, 0) is 22.6 Å². The van der Waals surface area contributed by atoms with Crippen LogP contribution in [0.4, 0.5) is 0 Å². The molecule has 0 radical (unpaired) electrons. The molecule has 0 spiro atoms. The summed E-state index contributed by atoms with van der Waals surface area (Å²) < 4.78 is 10.9. The van der Waals surface area contributed by atoms with Gasteiger partial charge in [0.1, 0.15) is 0 Å². The molecule has 1 aliphatic rings. The van der Waals surface area contributed by atoms with Gasteiger partial charge in [-0.05, 0) is 18.6 Å². The van der Waals surface area contributed by atoms with Gasteiger partial charge in [0.05, 0.1) is 12.2 Å². The molecule has 1 saturated heterocycles. The van der Waals surface area contributed by atoms with Crippen LogP contribution in [0.3, 0.4) is 0 Å². The number of methoxy groups -OCH3 is 2. The number of nitrogens with two attached hydrogens (primary N) is 1. The van der Waals surface area contributed by atoms with Crippen LogP contribution < -0.4 is 5.73 Å². The van der Waals surface area contributed by atoms with Crippen molar-refractivity contribution in [3.05, 3.63) is 21.4 Å². The average molecular weight is 270 g/mol. The zero-order valence-electron chi connectivity index (χ0n) is 11.3. The maximum absolute atomic E-state index is 5.68. The molecular formula is C13H22N2O2S. The summed E-state index contributed by atoms with van der Waals surface area (Å²) >= 11 is 1.80. The third-order valence-electron chi connectivity index (χ3n) is 3.56. The minimum Gasteiger partial charge on any atom is -0.377 e. The molecule has 2 unspecified atom stereocenters. The Kier molecular flexibility index (Phi) is 4.75. The van der Waals surface area contributed by atoms with E-state index < -0.39 is 0 Å². The van der Waals surface area contributed by atoms with E-state index in [9.17, 15) is 0 Å². The monoisotopic (exact) mass is 270 g/mol. The summed E-state index contributed by atoms with van der Waals surface area (Å²) in [4.78, 5) is 5.01. The van der Waals surface area contributed by atoms with E-state index in [2.05, 4.69) is 17.9 Å². The first-order valence-corrected chi connectivity index (χ1v) is 7.05. The molecule has 2 atom stereocenters. The molecule has 102 valence electrons. The number of nitrogens with zero attached hydrogens (tertiary/aromatic N) is 1. The zero-order chi connectivity index (χ0) is 13.1. The van der Waals surface area contributed by atoms with Gasteiger partial charge in [-0.15, -0.1) is 11.3 Å². The second-order valence-corrected chi connectivity index (χ2v) is 6.08. The summed E-state index contributed by atoms with van der Waals surface area (Å²) in [5.74, 6) is 0. The number of rotatable bonds is 5. The predicted molar refractivity (Wildman–Crippen MR) is 73.8 cm³/mol. The van der Waals surface area contributed by atoms with Gasteiger partial charge in [0, 0.05) is 50.2 Å². The van der Waals surface area contributed by atoms with Crippen molar-refractivity contribution < 1.29 is 9.47 Å². The van der Waals surface area contributed by atoms with Gasteiger partial charge in [0.2, 0.25) is 0 Å². The number of thiophene rings is 1. The van der Waals surface area contributed by atoms with E-state index in [1.807, 2.05) is 0 Å². The molecule has 0 bridgehead atoms. The molecule has 2 N–H and O–H groups in total. The lowest BCUT2D eigenvalue weighted by atomic mass is 10.2. The fraction of sp³-hybridized carbons (Fsp3) is 0.692. The number of likely N-dealkylation sites (tertiary alicyclic amines) is 1. The van der Waals surface area contributed by atoms with Crippen molar-refractivity contribution in [1.29, 1.82) is 0 Å². The van der Waals surface area contributed by atoms with Crippen LogP contribution in [0.2, 0.25) is 0 Å². The van der Waals surface area contributed by atoms with Crippen molar-refractivity contribution in [3.8, 4) is 0 Å². The van der Waals surface area contributed by atoms with E-state index in [4.69, 9.17) is 15.2 Å². The molecule has 1 fully saturated rings. The first kappa shape index (κ1) is 14.0. The Morgan fingerprint density at radius 2 is 1.94 bits per heavy atom. The molecule has 18 heavy (non-hydrogen) atoms. The SMILES string of the molecule is COC1CN(Cc2cc(CN)sc2C)CC1OC. The highest BCUT2D eigenvalue weighted by Gasteiger charge is 2.32. The molecule has 0 aromatic carbocycles. The largest absolute Gasteiger partial charge is 0.377 e. The minimum atomic E-state index is 0.183. The van der Waals surface area contributed by atoms with Gasteiger partial charge in [-0.25, -0.2) is 0 Å². The van der Waals surface area contributed by atoms with Crippen molar-refractivity contribution in [3.63, 3.8) is 0 Å². The molecule has 0 aliphatic carbocycles. The van der Waals surface area contributed by atoms with E-state index >= 15 is 0 Å². The van der Waals surface area contributed by atoms with E-state index in [0.717, 1.165) is 19.6 Å². The predicted octanol–water partition coefficient (Wildman–Crippen LogP) is 1.36. The van der Waals surface area contributed by atoms with Gasteiger partial charge >= 0.3 is 0 Å². The molecular weight excluding hydrogens is 248 g/mol. The number of hydrogen-bond donors (Lipinski definition) is 1. The fourth-order valence-electron chi connectivity index (χ4n) is 2.49. The third kappa shape index (κ3) is 2.92. The molecule has 1 aliphatic heterocycles. The number of aryl methyl sites for hydroxylation is 1. The highest BCUT2D eigenvalue weighted by Crippen LogP contribution is 2.25. The van der Waals surface area contributed by atoms with Crippen LogP contribution in [0.1, 0.15) is 15.3 Å². The van der Waals surface area contributed by atoms with Gasteiger partial charge in [0.15, 0.2) is 0 Å². The van der Waals surface area contributed by atoms with Crippen LogP contribution in [0.5, 0.6) is 0 Å². The third-order valence-corrected chi connectivity index (χ3v) is 4.68. The second-order valence-electron chi connectivity index (χ2n) is 4.74. The topological polar surface area (TPSA) is 47.7 Å². The van der Waals surface area contributed by atoms with Crippen molar-refractivity contribution in [2.75, 3.05) is 27.3 Å². The first-order valence-electron chi connectivity index (χ1n) is 6.24. The van der Waals surface area contributed by atoms with Crippen molar-refractivity contribution in [2.24, 2.45) is 5.73 Å². The molecule has 1 aromatic rings. The maximum Gasteiger partial charge on any atom is 0.0971 e. The Bertz CT molecular complexity index is 382. The highest BCUT2D eigenvalue weighted by atomic mass is 32.1.